The Bertz CT molecular complexity index is 136. The summed E-state index contributed by atoms with van der Waals surface area (Å²) < 4.78 is 34.5. The summed E-state index contributed by atoms with van der Waals surface area (Å²) in [5.41, 5.74) is 0. The largest absolute Gasteiger partial charge is 0.451 e. The van der Waals surface area contributed by atoms with E-state index in [0.29, 0.717) is 0 Å². The molecule has 1 unspecified atom stereocenters. The summed E-state index contributed by atoms with van der Waals surface area (Å²) in [6, 6.07) is -1.15. The van der Waals surface area contributed by atoms with Crippen LogP contribution in [0.15, 0.2) is 0 Å². The van der Waals surface area contributed by atoms with Gasteiger partial charge >= 0.3 is 6.18 Å². The molecule has 1 N–H and O–H groups in total. The Morgan fingerprint density at radius 1 is 1.60 bits per heavy atom. The Kier molecular flexibility index (Phi) is 2.83. The molecular weight excluding hydrogens is 147 g/mol. The van der Waals surface area contributed by atoms with Gasteiger partial charge in [0.2, 0.25) is 0 Å². The van der Waals surface area contributed by atoms with Crippen molar-refractivity contribution >= 4 is 5.78 Å². The molecule has 10 heavy (non-hydrogen) atoms. The smallest absolute Gasteiger partial charge is 0.310 e. The molecule has 0 aromatic carbocycles. The van der Waals surface area contributed by atoms with E-state index in [1.54, 1.807) is 0 Å². The van der Waals surface area contributed by atoms with Crippen molar-refractivity contribution in [1.82, 2.24) is 5.32 Å². The molecule has 0 aromatic heterocycles. The highest BCUT2D eigenvalue weighted by atomic mass is 19.4. The second-order valence-corrected chi connectivity index (χ2v) is 1.87. The topological polar surface area (TPSA) is 29.1 Å². The lowest BCUT2D eigenvalue weighted by atomic mass is 10.2. The Balaban J connectivity index is 0. The predicted molar refractivity (Wildman–Crippen MR) is 31.7 cm³/mol. The van der Waals surface area contributed by atoms with Crippen molar-refractivity contribution in [2.45, 2.75) is 19.1 Å². The first-order chi connectivity index (χ1) is 4.39. The van der Waals surface area contributed by atoms with Gasteiger partial charge in [-0.3, -0.25) is 4.79 Å². The molecule has 0 aromatic rings. The maximum Gasteiger partial charge on any atom is 0.451 e. The van der Waals surface area contributed by atoms with E-state index in [9.17, 15) is 18.0 Å². The summed E-state index contributed by atoms with van der Waals surface area (Å²) in [4.78, 5) is 10.2. The summed E-state index contributed by atoms with van der Waals surface area (Å²) in [6.07, 6.45) is -4.72. The Morgan fingerprint density at radius 3 is 2.10 bits per heavy atom. The van der Waals surface area contributed by atoms with Crippen LogP contribution in [0.25, 0.3) is 0 Å². The number of likely N-dealkylation sites (N-methyl/N-ethyl adjacent to an activating group) is 1. The molecule has 0 aliphatic carbocycles. The van der Waals surface area contributed by atoms with Crippen LogP contribution in [0.5, 0.6) is 0 Å². The van der Waals surface area contributed by atoms with E-state index in [1.165, 1.54) is 7.05 Å². The zero-order chi connectivity index (χ0) is 8.36. The maximum absolute atomic E-state index is 11.5. The van der Waals surface area contributed by atoms with Gasteiger partial charge in [-0.2, -0.15) is 13.2 Å². The molecule has 0 heterocycles. The van der Waals surface area contributed by atoms with Gasteiger partial charge in [0.25, 0.3) is 5.78 Å². The van der Waals surface area contributed by atoms with Gasteiger partial charge in [-0.15, -0.1) is 0 Å². The average molecular weight is 157 g/mol. The Hall–Kier alpha value is -0.580. The molecule has 0 fully saturated rings. The zero-order valence-corrected chi connectivity index (χ0v) is 5.62. The van der Waals surface area contributed by atoms with Crippen LogP contribution in [-0.4, -0.2) is 25.0 Å². The number of halogens is 3. The predicted octanol–water partition coefficient (Wildman–Crippen LogP) is 0.972. The van der Waals surface area contributed by atoms with Crippen LogP contribution in [-0.2, 0) is 4.79 Å². The molecule has 0 rings (SSSR count). The summed E-state index contributed by atoms with van der Waals surface area (Å²) in [5.74, 6) is -1.74. The van der Waals surface area contributed by atoms with Gasteiger partial charge in [-0.1, -0.05) is 0 Å². The number of rotatable bonds is 2. The van der Waals surface area contributed by atoms with Gasteiger partial charge in [0, 0.05) is 1.43 Å². The third-order valence-corrected chi connectivity index (χ3v) is 1.11. The van der Waals surface area contributed by atoms with Crippen molar-refractivity contribution < 1.29 is 19.4 Å². The normalized spacial score (nSPS) is 14.9. The fraction of sp³-hybridized carbons (Fsp3) is 0.800. The van der Waals surface area contributed by atoms with Crippen molar-refractivity contribution in [3.63, 3.8) is 0 Å². The van der Waals surface area contributed by atoms with Crippen LogP contribution in [0, 0.1) is 0 Å². The van der Waals surface area contributed by atoms with Crippen LogP contribution in [0.4, 0.5) is 13.2 Å². The van der Waals surface area contributed by atoms with E-state index in [1.807, 2.05) is 0 Å². The molecule has 2 nitrogen and oxygen atoms in total. The van der Waals surface area contributed by atoms with Gasteiger partial charge < -0.3 is 5.32 Å². The van der Waals surface area contributed by atoms with Gasteiger partial charge in [-0.25, -0.2) is 0 Å². The number of alkyl halides is 3. The number of carbonyl (C=O) groups excluding carboxylic acids is 1. The number of hydrogen-bond donors (Lipinski definition) is 1. The summed E-state index contributed by atoms with van der Waals surface area (Å²) in [7, 11) is 1.30. The van der Waals surface area contributed by atoms with Crippen molar-refractivity contribution in [1.29, 1.82) is 0 Å². The van der Waals surface area contributed by atoms with E-state index in [-0.39, 0.29) is 1.43 Å². The first kappa shape index (κ1) is 9.42. The third kappa shape index (κ3) is 2.34. The molecule has 0 spiro atoms. The van der Waals surface area contributed by atoms with Crippen LogP contribution in [0.3, 0.4) is 0 Å². The van der Waals surface area contributed by atoms with Gasteiger partial charge in [-0.05, 0) is 14.0 Å². The fourth-order valence-electron chi connectivity index (χ4n) is 0.377. The standard InChI is InChI=1S/C5H8F3NO.H2/c1-3(9-2)4(10)5(6,7)8;/h3,9H,1-2H3;1H. The van der Waals surface area contributed by atoms with Gasteiger partial charge in [0.1, 0.15) is 0 Å². The van der Waals surface area contributed by atoms with E-state index in [0.717, 1.165) is 6.92 Å². The molecule has 0 radical (unpaired) electrons. The molecule has 0 amide bonds. The van der Waals surface area contributed by atoms with Crippen LogP contribution >= 0.6 is 0 Å². The van der Waals surface area contributed by atoms with E-state index in [4.69, 9.17) is 0 Å². The van der Waals surface area contributed by atoms with Crippen molar-refractivity contribution in [2.75, 3.05) is 7.05 Å². The molecule has 0 saturated carbocycles. The minimum atomic E-state index is -4.72. The molecule has 0 aliphatic rings. The highest BCUT2D eigenvalue weighted by Crippen LogP contribution is 2.17. The number of Topliss-reactive ketones (excluding diaryl/α,β-unsaturated/α-hetero) is 1. The van der Waals surface area contributed by atoms with Crippen molar-refractivity contribution in [3.05, 3.63) is 0 Å². The fourth-order valence-corrected chi connectivity index (χ4v) is 0.377. The quantitative estimate of drug-likeness (QED) is 0.647. The number of carbonyl (C=O) groups is 1. The van der Waals surface area contributed by atoms with E-state index in [2.05, 4.69) is 5.32 Å². The number of ketones is 1. The lowest BCUT2D eigenvalue weighted by Crippen LogP contribution is -2.40. The van der Waals surface area contributed by atoms with Crippen molar-refractivity contribution in [2.24, 2.45) is 0 Å². The minimum absolute atomic E-state index is 0. The highest BCUT2D eigenvalue weighted by Gasteiger charge is 2.40. The molecular formula is C5H10F3NO. The minimum Gasteiger partial charge on any atom is -0.310 e. The molecule has 0 saturated heterocycles. The van der Waals surface area contributed by atoms with Gasteiger partial charge in [0.15, 0.2) is 0 Å². The molecule has 62 valence electrons. The summed E-state index contributed by atoms with van der Waals surface area (Å²) in [6.45, 7) is 1.16. The molecule has 0 bridgehead atoms. The van der Waals surface area contributed by atoms with Crippen LogP contribution in [0.2, 0.25) is 0 Å². The highest BCUT2D eigenvalue weighted by molar-refractivity contribution is 5.88. The van der Waals surface area contributed by atoms with Crippen LogP contribution in [0.1, 0.15) is 8.35 Å². The first-order valence-electron chi connectivity index (χ1n) is 2.68. The summed E-state index contributed by atoms with van der Waals surface area (Å²) >= 11 is 0. The lowest BCUT2D eigenvalue weighted by Gasteiger charge is -2.10. The molecule has 1 atom stereocenters. The maximum atomic E-state index is 11.5. The monoisotopic (exact) mass is 157 g/mol. The SMILES string of the molecule is CNC(C)C(=O)C(F)(F)F.[HH]. The molecule has 5 heteroatoms. The van der Waals surface area contributed by atoms with Crippen LogP contribution < -0.4 is 5.32 Å². The Labute approximate surface area is 57.9 Å². The van der Waals surface area contributed by atoms with Crippen molar-refractivity contribution in [3.8, 4) is 0 Å². The van der Waals surface area contributed by atoms with Gasteiger partial charge in [0.05, 0.1) is 6.04 Å². The number of nitrogens with one attached hydrogen (secondary N) is 1. The second-order valence-electron chi connectivity index (χ2n) is 1.87. The first-order valence-corrected chi connectivity index (χ1v) is 2.68. The van der Waals surface area contributed by atoms with E-state index < -0.39 is 18.0 Å². The zero-order valence-electron chi connectivity index (χ0n) is 5.62. The summed E-state index contributed by atoms with van der Waals surface area (Å²) in [5, 5.41) is 2.20. The second kappa shape index (κ2) is 3.01. The average Bonchev–Trinajstić information content (AvgIpc) is 1.83. The van der Waals surface area contributed by atoms with E-state index >= 15 is 0 Å². The third-order valence-electron chi connectivity index (χ3n) is 1.11. The number of hydrogen-bond acceptors (Lipinski definition) is 2. The molecule has 0 aliphatic heterocycles. The lowest BCUT2D eigenvalue weighted by molar-refractivity contribution is -0.172. The Morgan fingerprint density at radius 2 is 2.00 bits per heavy atom.